The molecule has 1 heterocycles. The number of imidazole rings is 1. The lowest BCUT2D eigenvalue weighted by molar-refractivity contribution is 0.0587. The van der Waals surface area contributed by atoms with Crippen LogP contribution in [0.3, 0.4) is 0 Å². The molecule has 0 fully saturated rings. The van der Waals surface area contributed by atoms with E-state index in [4.69, 9.17) is 4.74 Å². The zero-order valence-corrected chi connectivity index (χ0v) is 14.1. The zero-order chi connectivity index (χ0) is 16.2. The minimum atomic E-state index is -0.417. The second-order valence-electron chi connectivity index (χ2n) is 5.00. The Balaban J connectivity index is 2.22. The second-order valence-corrected chi connectivity index (χ2v) is 5.71. The Morgan fingerprint density at radius 3 is 2.04 bits per heavy atom. The van der Waals surface area contributed by atoms with Gasteiger partial charge in [-0.3, -0.25) is 0 Å². The summed E-state index contributed by atoms with van der Waals surface area (Å²) in [5.41, 5.74) is 2.52. The SMILES string of the molecule is COC(=O)c1cnc(Br)n1C(c1ccccc1)c1ccccc1. The van der Waals surface area contributed by atoms with E-state index >= 15 is 0 Å². The van der Waals surface area contributed by atoms with Crippen LogP contribution in [0.25, 0.3) is 0 Å². The summed E-state index contributed by atoms with van der Waals surface area (Å²) >= 11 is 3.45. The summed E-state index contributed by atoms with van der Waals surface area (Å²) in [5.74, 6) is -0.417. The molecule has 2 aromatic carbocycles. The van der Waals surface area contributed by atoms with Gasteiger partial charge in [-0.1, -0.05) is 60.7 Å². The molecule has 5 heteroatoms. The highest BCUT2D eigenvalue weighted by atomic mass is 79.9. The normalized spacial score (nSPS) is 10.7. The average Bonchev–Trinajstić information content (AvgIpc) is 2.98. The molecular formula is C18H15BrN2O2. The Bertz CT molecular complexity index is 761. The smallest absolute Gasteiger partial charge is 0.356 e. The molecule has 23 heavy (non-hydrogen) atoms. The number of aromatic nitrogens is 2. The fourth-order valence-electron chi connectivity index (χ4n) is 2.60. The third kappa shape index (κ3) is 3.05. The Hall–Kier alpha value is -2.40. The lowest BCUT2D eigenvalue weighted by atomic mass is 9.98. The van der Waals surface area contributed by atoms with Gasteiger partial charge in [-0.2, -0.15) is 0 Å². The molecule has 0 unspecified atom stereocenters. The topological polar surface area (TPSA) is 44.1 Å². The third-order valence-corrected chi connectivity index (χ3v) is 4.22. The number of rotatable bonds is 4. The number of hydrogen-bond donors (Lipinski definition) is 0. The molecule has 0 bridgehead atoms. The van der Waals surface area contributed by atoms with E-state index in [-0.39, 0.29) is 6.04 Å². The predicted octanol–water partition coefficient (Wildman–Crippen LogP) is 4.07. The fraction of sp³-hybridized carbons (Fsp3) is 0.111. The third-order valence-electron chi connectivity index (χ3n) is 3.64. The van der Waals surface area contributed by atoms with Gasteiger partial charge >= 0.3 is 5.97 Å². The average molecular weight is 371 g/mol. The number of methoxy groups -OCH3 is 1. The van der Waals surface area contributed by atoms with Crippen LogP contribution in [-0.4, -0.2) is 22.6 Å². The zero-order valence-electron chi connectivity index (χ0n) is 12.5. The van der Waals surface area contributed by atoms with Crippen molar-refractivity contribution >= 4 is 21.9 Å². The maximum absolute atomic E-state index is 12.1. The fourth-order valence-corrected chi connectivity index (χ4v) is 3.10. The summed E-state index contributed by atoms with van der Waals surface area (Å²) in [5, 5.41) is 0. The van der Waals surface area contributed by atoms with Crippen LogP contribution in [0.2, 0.25) is 0 Å². The number of hydrogen-bond acceptors (Lipinski definition) is 3. The Morgan fingerprint density at radius 2 is 1.57 bits per heavy atom. The number of nitrogens with zero attached hydrogens (tertiary/aromatic N) is 2. The van der Waals surface area contributed by atoms with E-state index in [0.29, 0.717) is 10.4 Å². The number of ether oxygens (including phenoxy) is 1. The van der Waals surface area contributed by atoms with Crippen molar-refractivity contribution < 1.29 is 9.53 Å². The summed E-state index contributed by atoms with van der Waals surface area (Å²) in [6.45, 7) is 0. The molecule has 3 rings (SSSR count). The van der Waals surface area contributed by atoms with Crippen molar-refractivity contribution in [2.75, 3.05) is 7.11 Å². The van der Waals surface area contributed by atoms with Crippen molar-refractivity contribution in [3.05, 3.63) is 88.4 Å². The van der Waals surface area contributed by atoms with E-state index in [1.807, 2.05) is 65.2 Å². The number of benzene rings is 2. The lowest BCUT2D eigenvalue weighted by Crippen LogP contribution is -2.18. The molecular weight excluding hydrogens is 356 g/mol. The molecule has 0 N–H and O–H groups in total. The molecule has 0 saturated heterocycles. The van der Waals surface area contributed by atoms with Crippen molar-refractivity contribution in [3.63, 3.8) is 0 Å². The van der Waals surface area contributed by atoms with Gasteiger partial charge in [0, 0.05) is 0 Å². The van der Waals surface area contributed by atoms with Crippen molar-refractivity contribution in [3.8, 4) is 0 Å². The standard InChI is InChI=1S/C18H15BrN2O2/c1-23-17(22)15-12-20-18(19)21(15)16(13-8-4-2-5-9-13)14-10-6-3-7-11-14/h2-12,16H,1H3. The van der Waals surface area contributed by atoms with Gasteiger partial charge in [-0.15, -0.1) is 0 Å². The van der Waals surface area contributed by atoms with Crippen LogP contribution in [-0.2, 0) is 4.74 Å². The number of esters is 1. The summed E-state index contributed by atoms with van der Waals surface area (Å²) in [6.07, 6.45) is 1.52. The highest BCUT2D eigenvalue weighted by Gasteiger charge is 2.25. The first kappa shape index (κ1) is 15.5. The van der Waals surface area contributed by atoms with E-state index in [0.717, 1.165) is 11.1 Å². The Morgan fingerprint density at radius 1 is 1.04 bits per heavy atom. The molecule has 0 saturated carbocycles. The minimum Gasteiger partial charge on any atom is -0.464 e. The molecule has 0 aliphatic rings. The number of carbonyl (C=O) groups is 1. The van der Waals surface area contributed by atoms with E-state index in [2.05, 4.69) is 20.9 Å². The molecule has 0 atom stereocenters. The Labute approximate surface area is 142 Å². The quantitative estimate of drug-likeness (QED) is 0.650. The van der Waals surface area contributed by atoms with E-state index in [1.165, 1.54) is 13.3 Å². The Kier molecular flexibility index (Phi) is 4.57. The van der Waals surface area contributed by atoms with Crippen molar-refractivity contribution in [2.24, 2.45) is 0 Å². The highest BCUT2D eigenvalue weighted by Crippen LogP contribution is 2.31. The summed E-state index contributed by atoms with van der Waals surface area (Å²) in [6, 6.07) is 19.8. The van der Waals surface area contributed by atoms with Crippen LogP contribution < -0.4 is 0 Å². The van der Waals surface area contributed by atoms with Crippen LogP contribution in [0.15, 0.2) is 71.6 Å². The van der Waals surface area contributed by atoms with Crippen LogP contribution in [0.1, 0.15) is 27.7 Å². The van der Waals surface area contributed by atoms with Crippen LogP contribution >= 0.6 is 15.9 Å². The van der Waals surface area contributed by atoms with Crippen molar-refractivity contribution in [1.29, 1.82) is 0 Å². The van der Waals surface area contributed by atoms with Gasteiger partial charge in [0.15, 0.2) is 4.73 Å². The molecule has 0 spiro atoms. The lowest BCUT2D eigenvalue weighted by Gasteiger charge is -2.22. The molecule has 0 amide bonds. The van der Waals surface area contributed by atoms with Gasteiger partial charge < -0.3 is 9.30 Å². The van der Waals surface area contributed by atoms with Gasteiger partial charge in [0.1, 0.15) is 5.69 Å². The summed E-state index contributed by atoms with van der Waals surface area (Å²) in [7, 11) is 1.37. The molecule has 0 aliphatic heterocycles. The van der Waals surface area contributed by atoms with E-state index in [1.54, 1.807) is 0 Å². The summed E-state index contributed by atoms with van der Waals surface area (Å²) in [4.78, 5) is 16.3. The number of carbonyl (C=O) groups excluding carboxylic acids is 1. The first-order valence-electron chi connectivity index (χ1n) is 7.13. The van der Waals surface area contributed by atoms with Gasteiger partial charge in [0.05, 0.1) is 19.3 Å². The largest absolute Gasteiger partial charge is 0.464 e. The van der Waals surface area contributed by atoms with Crippen molar-refractivity contribution in [2.45, 2.75) is 6.04 Å². The first-order chi connectivity index (χ1) is 11.2. The van der Waals surface area contributed by atoms with Gasteiger partial charge in [0.25, 0.3) is 0 Å². The summed E-state index contributed by atoms with van der Waals surface area (Å²) < 4.78 is 7.31. The maximum atomic E-state index is 12.1. The molecule has 4 nitrogen and oxygen atoms in total. The molecule has 3 aromatic rings. The first-order valence-corrected chi connectivity index (χ1v) is 7.92. The van der Waals surface area contributed by atoms with Crippen molar-refractivity contribution in [1.82, 2.24) is 9.55 Å². The highest BCUT2D eigenvalue weighted by molar-refractivity contribution is 9.10. The van der Waals surface area contributed by atoms with E-state index < -0.39 is 5.97 Å². The van der Waals surface area contributed by atoms with Gasteiger partial charge in [0.2, 0.25) is 0 Å². The molecule has 0 radical (unpaired) electrons. The minimum absolute atomic E-state index is 0.177. The monoisotopic (exact) mass is 370 g/mol. The van der Waals surface area contributed by atoms with Crippen LogP contribution in [0.5, 0.6) is 0 Å². The van der Waals surface area contributed by atoms with Crippen LogP contribution in [0.4, 0.5) is 0 Å². The molecule has 0 aliphatic carbocycles. The van der Waals surface area contributed by atoms with Gasteiger partial charge in [-0.05, 0) is 27.1 Å². The molecule has 116 valence electrons. The second kappa shape index (κ2) is 6.79. The van der Waals surface area contributed by atoms with Gasteiger partial charge in [-0.25, -0.2) is 9.78 Å². The van der Waals surface area contributed by atoms with Crippen LogP contribution in [0, 0.1) is 0 Å². The molecule has 1 aromatic heterocycles. The number of halogens is 1. The predicted molar refractivity (Wildman–Crippen MR) is 91.4 cm³/mol. The van der Waals surface area contributed by atoms with E-state index in [9.17, 15) is 4.79 Å². The maximum Gasteiger partial charge on any atom is 0.356 e.